The van der Waals surface area contributed by atoms with E-state index in [9.17, 15) is 14.4 Å². The number of benzene rings is 2. The van der Waals surface area contributed by atoms with E-state index in [1.54, 1.807) is 9.58 Å². The summed E-state index contributed by atoms with van der Waals surface area (Å²) in [5.41, 5.74) is 7.39. The number of fused-ring (bicyclic) bond motifs is 1. The Labute approximate surface area is 195 Å². The first-order valence-corrected chi connectivity index (χ1v) is 11.0. The number of carbonyl (C=O) groups is 2. The van der Waals surface area contributed by atoms with Gasteiger partial charge < -0.3 is 4.90 Å². The Bertz CT molecular complexity index is 1500. The summed E-state index contributed by atoms with van der Waals surface area (Å²) in [5.74, 6) is -1.10. The van der Waals surface area contributed by atoms with Crippen molar-refractivity contribution >= 4 is 28.5 Å². The van der Waals surface area contributed by atoms with Gasteiger partial charge in [0.05, 0.1) is 17.8 Å². The predicted octanol–water partition coefficient (Wildman–Crippen LogP) is 2.63. The number of hydrogen-bond donors (Lipinski definition) is 1. The fraction of sp³-hybridized carbons (Fsp3) is 0.240. The van der Waals surface area contributed by atoms with Gasteiger partial charge in [0.25, 0.3) is 5.56 Å². The van der Waals surface area contributed by atoms with Gasteiger partial charge in [-0.05, 0) is 55.7 Å². The zero-order valence-electron chi connectivity index (χ0n) is 19.1. The van der Waals surface area contributed by atoms with Crippen LogP contribution in [0.5, 0.6) is 0 Å². The number of carbonyl (C=O) groups excluding carboxylic acids is 2. The molecule has 1 aliphatic rings. The molecule has 0 saturated carbocycles. The Hall–Kier alpha value is -4.27. The third-order valence-electron chi connectivity index (χ3n) is 6.36. The van der Waals surface area contributed by atoms with E-state index in [2.05, 4.69) is 15.5 Å². The van der Waals surface area contributed by atoms with Crippen LogP contribution in [0, 0.1) is 26.7 Å². The monoisotopic (exact) mass is 456 g/mol. The number of nitrogens with one attached hydrogen (secondary N) is 1. The number of anilines is 1. The normalized spacial score (nSPS) is 15.8. The van der Waals surface area contributed by atoms with Crippen LogP contribution in [-0.2, 0) is 9.59 Å². The molecule has 4 aromatic rings. The lowest BCUT2D eigenvalue weighted by atomic mass is 10.1. The van der Waals surface area contributed by atoms with Gasteiger partial charge in [0.2, 0.25) is 11.8 Å². The summed E-state index contributed by atoms with van der Waals surface area (Å²) in [7, 11) is 0. The van der Waals surface area contributed by atoms with Crippen molar-refractivity contribution in [2.75, 3.05) is 16.9 Å². The van der Waals surface area contributed by atoms with Crippen molar-refractivity contribution in [3.63, 3.8) is 0 Å². The first-order valence-electron chi connectivity index (χ1n) is 11.0. The molecule has 0 radical (unpaired) electrons. The van der Waals surface area contributed by atoms with Crippen LogP contribution in [0.3, 0.4) is 0 Å². The maximum atomic E-state index is 13.0. The minimum absolute atomic E-state index is 0.0787. The summed E-state index contributed by atoms with van der Waals surface area (Å²) >= 11 is 0. The van der Waals surface area contributed by atoms with Gasteiger partial charge in [0.1, 0.15) is 11.7 Å². The highest BCUT2D eigenvalue weighted by Gasteiger charge is 2.36. The Morgan fingerprint density at radius 2 is 1.82 bits per heavy atom. The van der Waals surface area contributed by atoms with E-state index < -0.39 is 17.4 Å². The van der Waals surface area contributed by atoms with E-state index in [1.807, 2.05) is 63.2 Å². The number of amides is 2. The number of aryl methyl sites for hydroxylation is 3. The fourth-order valence-corrected chi connectivity index (χ4v) is 4.23. The summed E-state index contributed by atoms with van der Waals surface area (Å²) in [6, 6.07) is 13.4. The van der Waals surface area contributed by atoms with Crippen molar-refractivity contribution in [1.82, 2.24) is 19.4 Å². The number of para-hydroxylation sites is 1. The summed E-state index contributed by atoms with van der Waals surface area (Å²) in [6.45, 7) is 6.21. The standard InChI is InChI=1S/C25H24N6O3/c1-15-8-9-19(10-17(15)3)31-23-20(12-27-31)25(34)30(14-26-23)28-24(33)18-11-22(32)29(13-18)21-7-5-4-6-16(21)2/h4-10,12,14,18H,11,13H2,1-3H3,(H,28,33). The van der Waals surface area contributed by atoms with E-state index in [1.165, 1.54) is 12.5 Å². The number of hydrogen-bond acceptors (Lipinski definition) is 5. The third-order valence-corrected chi connectivity index (χ3v) is 6.36. The zero-order chi connectivity index (χ0) is 24.0. The molecule has 0 aliphatic carbocycles. The minimum atomic E-state index is -0.576. The van der Waals surface area contributed by atoms with E-state index in [4.69, 9.17) is 0 Å². The van der Waals surface area contributed by atoms with Crippen LogP contribution in [0.25, 0.3) is 16.7 Å². The van der Waals surface area contributed by atoms with Crippen LogP contribution in [0.4, 0.5) is 5.69 Å². The summed E-state index contributed by atoms with van der Waals surface area (Å²) in [6.07, 6.45) is 2.80. The SMILES string of the molecule is Cc1ccc(-n2ncc3c(=O)n(NC(=O)C4CC(=O)N(c5ccccc5C)C4)cnc32)cc1C. The quantitative estimate of drug-likeness (QED) is 0.509. The van der Waals surface area contributed by atoms with Crippen molar-refractivity contribution in [1.29, 1.82) is 0 Å². The second kappa shape index (κ2) is 8.26. The molecular weight excluding hydrogens is 432 g/mol. The second-order valence-corrected chi connectivity index (χ2v) is 8.65. The minimum Gasteiger partial charge on any atom is -0.311 e. The van der Waals surface area contributed by atoms with Crippen molar-refractivity contribution in [2.45, 2.75) is 27.2 Å². The van der Waals surface area contributed by atoms with Crippen LogP contribution in [0.1, 0.15) is 23.1 Å². The van der Waals surface area contributed by atoms with Crippen molar-refractivity contribution in [2.24, 2.45) is 5.92 Å². The molecule has 1 saturated heterocycles. The summed E-state index contributed by atoms with van der Waals surface area (Å²) in [4.78, 5) is 44.5. The van der Waals surface area contributed by atoms with E-state index in [0.717, 1.165) is 32.7 Å². The molecule has 2 aromatic carbocycles. The largest absolute Gasteiger partial charge is 0.311 e. The van der Waals surface area contributed by atoms with E-state index in [-0.39, 0.29) is 24.3 Å². The highest BCUT2D eigenvalue weighted by atomic mass is 16.2. The second-order valence-electron chi connectivity index (χ2n) is 8.65. The Morgan fingerprint density at radius 3 is 2.59 bits per heavy atom. The Morgan fingerprint density at radius 1 is 1.03 bits per heavy atom. The summed E-state index contributed by atoms with van der Waals surface area (Å²) in [5, 5.41) is 4.62. The first kappa shape index (κ1) is 21.6. The Kier molecular flexibility index (Phi) is 5.24. The van der Waals surface area contributed by atoms with Gasteiger partial charge in [-0.1, -0.05) is 24.3 Å². The molecule has 172 valence electrons. The van der Waals surface area contributed by atoms with Crippen LogP contribution in [0.2, 0.25) is 0 Å². The molecule has 1 atom stereocenters. The van der Waals surface area contributed by atoms with Gasteiger partial charge in [-0.2, -0.15) is 5.10 Å². The van der Waals surface area contributed by atoms with E-state index >= 15 is 0 Å². The van der Waals surface area contributed by atoms with Gasteiger partial charge in [-0.15, -0.1) is 0 Å². The average molecular weight is 457 g/mol. The first-order chi connectivity index (χ1) is 16.3. The maximum absolute atomic E-state index is 13.0. The summed E-state index contributed by atoms with van der Waals surface area (Å²) < 4.78 is 2.66. The van der Waals surface area contributed by atoms with Gasteiger partial charge in [0, 0.05) is 18.7 Å². The molecule has 9 nitrogen and oxygen atoms in total. The van der Waals surface area contributed by atoms with Crippen molar-refractivity contribution in [3.05, 3.63) is 82.0 Å². The van der Waals surface area contributed by atoms with Gasteiger partial charge in [-0.25, -0.2) is 14.3 Å². The molecule has 1 aliphatic heterocycles. The van der Waals surface area contributed by atoms with Gasteiger partial charge in [0.15, 0.2) is 5.65 Å². The Balaban J connectivity index is 1.38. The van der Waals surface area contributed by atoms with Gasteiger partial charge >= 0.3 is 0 Å². The molecule has 9 heteroatoms. The molecule has 1 unspecified atom stereocenters. The third kappa shape index (κ3) is 3.64. The highest BCUT2D eigenvalue weighted by molar-refractivity contribution is 6.02. The zero-order valence-corrected chi connectivity index (χ0v) is 19.1. The molecule has 3 heterocycles. The molecule has 5 rings (SSSR count). The lowest BCUT2D eigenvalue weighted by molar-refractivity contribution is -0.123. The highest BCUT2D eigenvalue weighted by Crippen LogP contribution is 2.28. The van der Waals surface area contributed by atoms with Crippen LogP contribution >= 0.6 is 0 Å². The fourth-order valence-electron chi connectivity index (χ4n) is 4.23. The number of aromatic nitrogens is 4. The molecule has 1 fully saturated rings. The van der Waals surface area contributed by atoms with Crippen LogP contribution in [0.15, 0.2) is 59.8 Å². The maximum Gasteiger partial charge on any atom is 0.283 e. The molecular formula is C25H24N6O3. The lowest BCUT2D eigenvalue weighted by Gasteiger charge is -2.19. The van der Waals surface area contributed by atoms with Crippen molar-refractivity contribution < 1.29 is 9.59 Å². The molecule has 34 heavy (non-hydrogen) atoms. The van der Waals surface area contributed by atoms with Gasteiger partial charge in [-0.3, -0.25) is 19.8 Å². The number of rotatable bonds is 4. The van der Waals surface area contributed by atoms with Crippen LogP contribution in [-0.4, -0.2) is 37.8 Å². The number of nitrogens with zero attached hydrogens (tertiary/aromatic N) is 5. The molecule has 1 N–H and O–H groups in total. The molecule has 2 amide bonds. The smallest absolute Gasteiger partial charge is 0.283 e. The molecule has 0 spiro atoms. The van der Waals surface area contributed by atoms with Crippen LogP contribution < -0.4 is 15.9 Å². The average Bonchev–Trinajstić information content (AvgIpc) is 3.42. The molecule has 0 bridgehead atoms. The lowest BCUT2D eigenvalue weighted by Crippen LogP contribution is -2.37. The topological polar surface area (TPSA) is 102 Å². The molecule has 2 aromatic heterocycles. The van der Waals surface area contributed by atoms with Crippen molar-refractivity contribution in [3.8, 4) is 5.69 Å². The predicted molar refractivity (Wildman–Crippen MR) is 129 cm³/mol. The van der Waals surface area contributed by atoms with E-state index in [0.29, 0.717) is 5.65 Å².